The highest BCUT2D eigenvalue weighted by atomic mass is 19.4. The van der Waals surface area contributed by atoms with Gasteiger partial charge in [0.25, 0.3) is 0 Å². The maximum Gasteiger partial charge on any atom is 0.416 e. The van der Waals surface area contributed by atoms with Crippen LogP contribution < -0.4 is 5.73 Å². The van der Waals surface area contributed by atoms with E-state index in [0.717, 1.165) is 12.1 Å². The number of rotatable bonds is 2. The molecule has 0 aromatic heterocycles. The lowest BCUT2D eigenvalue weighted by molar-refractivity contribution is -0.137. The maximum atomic E-state index is 12.5. The standard InChI is InChI=1S/C12H14F3NO/c13-12(14,15)9-3-1-2-8(4-9)5-11(17)6-10(16)7-11/h1-4,10,17H,5-7,16H2. The largest absolute Gasteiger partial charge is 0.416 e. The Morgan fingerprint density at radius 1 is 1.35 bits per heavy atom. The predicted octanol–water partition coefficient (Wildman–Crippen LogP) is 2.10. The Morgan fingerprint density at radius 2 is 2.00 bits per heavy atom. The molecule has 1 aromatic rings. The first-order valence-corrected chi connectivity index (χ1v) is 5.43. The monoisotopic (exact) mass is 245 g/mol. The third-order valence-corrected chi connectivity index (χ3v) is 3.07. The van der Waals surface area contributed by atoms with Gasteiger partial charge in [-0.3, -0.25) is 0 Å². The summed E-state index contributed by atoms with van der Waals surface area (Å²) in [5.74, 6) is 0. The SMILES string of the molecule is NC1CC(O)(Cc2cccc(C(F)(F)F)c2)C1. The van der Waals surface area contributed by atoms with Gasteiger partial charge < -0.3 is 10.8 Å². The molecule has 2 nitrogen and oxygen atoms in total. The first kappa shape index (κ1) is 12.4. The fraction of sp³-hybridized carbons (Fsp3) is 0.500. The van der Waals surface area contributed by atoms with E-state index in [1.807, 2.05) is 0 Å². The molecule has 2 rings (SSSR count). The van der Waals surface area contributed by atoms with E-state index in [1.165, 1.54) is 6.07 Å². The van der Waals surface area contributed by atoms with E-state index in [4.69, 9.17) is 5.73 Å². The van der Waals surface area contributed by atoms with Gasteiger partial charge in [0.05, 0.1) is 11.2 Å². The molecule has 0 atom stereocenters. The molecule has 5 heteroatoms. The van der Waals surface area contributed by atoms with Crippen molar-refractivity contribution in [2.75, 3.05) is 0 Å². The Hall–Kier alpha value is -1.07. The van der Waals surface area contributed by atoms with Crippen molar-refractivity contribution in [3.8, 4) is 0 Å². The highest BCUT2D eigenvalue weighted by molar-refractivity contribution is 5.27. The Morgan fingerprint density at radius 3 is 2.53 bits per heavy atom. The highest BCUT2D eigenvalue weighted by Gasteiger charge is 2.40. The van der Waals surface area contributed by atoms with E-state index in [-0.39, 0.29) is 12.5 Å². The van der Waals surface area contributed by atoms with Gasteiger partial charge in [-0.1, -0.05) is 18.2 Å². The van der Waals surface area contributed by atoms with Crippen LogP contribution in [0.3, 0.4) is 0 Å². The second-order valence-electron chi connectivity index (χ2n) is 4.77. The van der Waals surface area contributed by atoms with E-state index in [2.05, 4.69) is 0 Å². The first-order valence-electron chi connectivity index (χ1n) is 5.43. The summed E-state index contributed by atoms with van der Waals surface area (Å²) in [5.41, 5.74) is 4.46. The summed E-state index contributed by atoms with van der Waals surface area (Å²) in [6.07, 6.45) is -3.22. The Kier molecular flexibility index (Phi) is 2.91. The second kappa shape index (κ2) is 3.99. The molecule has 0 radical (unpaired) electrons. The van der Waals surface area contributed by atoms with Crippen LogP contribution in [0.2, 0.25) is 0 Å². The minimum atomic E-state index is -4.34. The van der Waals surface area contributed by atoms with Crippen molar-refractivity contribution in [1.82, 2.24) is 0 Å². The van der Waals surface area contributed by atoms with Crippen LogP contribution in [0.1, 0.15) is 24.0 Å². The molecule has 0 aliphatic heterocycles. The lowest BCUT2D eigenvalue weighted by Gasteiger charge is -2.42. The predicted molar refractivity (Wildman–Crippen MR) is 57.3 cm³/mol. The third-order valence-electron chi connectivity index (χ3n) is 3.07. The molecule has 1 aliphatic carbocycles. The molecule has 0 bridgehead atoms. The summed E-state index contributed by atoms with van der Waals surface area (Å²) >= 11 is 0. The molecule has 0 spiro atoms. The number of alkyl halides is 3. The van der Waals surface area contributed by atoms with E-state index < -0.39 is 17.3 Å². The minimum absolute atomic E-state index is 0.0363. The van der Waals surface area contributed by atoms with Crippen molar-refractivity contribution < 1.29 is 18.3 Å². The molecule has 17 heavy (non-hydrogen) atoms. The van der Waals surface area contributed by atoms with Gasteiger partial charge in [0.1, 0.15) is 0 Å². The second-order valence-corrected chi connectivity index (χ2v) is 4.77. The van der Waals surface area contributed by atoms with Crippen molar-refractivity contribution in [3.63, 3.8) is 0 Å². The van der Waals surface area contributed by atoms with Crippen LogP contribution in [0.5, 0.6) is 0 Å². The average molecular weight is 245 g/mol. The van der Waals surface area contributed by atoms with E-state index in [1.54, 1.807) is 6.07 Å². The number of halogens is 3. The van der Waals surface area contributed by atoms with Gasteiger partial charge in [-0.05, 0) is 24.5 Å². The van der Waals surface area contributed by atoms with E-state index in [0.29, 0.717) is 18.4 Å². The zero-order chi connectivity index (χ0) is 12.7. The van der Waals surface area contributed by atoms with Gasteiger partial charge in [-0.2, -0.15) is 13.2 Å². The number of aliphatic hydroxyl groups is 1. The van der Waals surface area contributed by atoms with Crippen LogP contribution in [-0.4, -0.2) is 16.7 Å². The topological polar surface area (TPSA) is 46.2 Å². The lowest BCUT2D eigenvalue weighted by atomic mass is 9.72. The quantitative estimate of drug-likeness (QED) is 0.838. The molecule has 0 saturated heterocycles. The van der Waals surface area contributed by atoms with Gasteiger partial charge in [0.2, 0.25) is 0 Å². The first-order chi connectivity index (χ1) is 7.78. The molecule has 1 fully saturated rings. The molecule has 0 heterocycles. The fourth-order valence-corrected chi connectivity index (χ4v) is 2.30. The van der Waals surface area contributed by atoms with E-state index in [9.17, 15) is 18.3 Å². The van der Waals surface area contributed by atoms with Gasteiger partial charge in [-0.15, -0.1) is 0 Å². The zero-order valence-electron chi connectivity index (χ0n) is 9.17. The van der Waals surface area contributed by atoms with Gasteiger partial charge in [0, 0.05) is 12.5 Å². The normalized spacial score (nSPS) is 28.9. The van der Waals surface area contributed by atoms with Crippen LogP contribution in [0, 0.1) is 0 Å². The summed E-state index contributed by atoms with van der Waals surface area (Å²) in [4.78, 5) is 0. The van der Waals surface area contributed by atoms with Crippen molar-refractivity contribution in [2.45, 2.75) is 37.1 Å². The van der Waals surface area contributed by atoms with Crippen molar-refractivity contribution in [1.29, 1.82) is 0 Å². The molecular formula is C12H14F3NO. The van der Waals surface area contributed by atoms with Gasteiger partial charge >= 0.3 is 6.18 Å². The van der Waals surface area contributed by atoms with Crippen molar-refractivity contribution >= 4 is 0 Å². The molecule has 3 N–H and O–H groups in total. The van der Waals surface area contributed by atoms with Crippen molar-refractivity contribution in [3.05, 3.63) is 35.4 Å². The zero-order valence-corrected chi connectivity index (χ0v) is 9.17. The molecular weight excluding hydrogens is 231 g/mol. The van der Waals surface area contributed by atoms with Crippen LogP contribution in [0.15, 0.2) is 24.3 Å². The van der Waals surface area contributed by atoms with Crippen LogP contribution in [0.4, 0.5) is 13.2 Å². The van der Waals surface area contributed by atoms with Crippen LogP contribution in [0.25, 0.3) is 0 Å². The number of nitrogens with two attached hydrogens (primary N) is 1. The molecule has 0 amide bonds. The summed E-state index contributed by atoms with van der Waals surface area (Å²) in [6, 6.07) is 5.03. The van der Waals surface area contributed by atoms with Gasteiger partial charge in [0.15, 0.2) is 0 Å². The fourth-order valence-electron chi connectivity index (χ4n) is 2.30. The summed E-state index contributed by atoms with van der Waals surface area (Å²) in [7, 11) is 0. The van der Waals surface area contributed by atoms with E-state index >= 15 is 0 Å². The lowest BCUT2D eigenvalue weighted by Crippen LogP contribution is -2.52. The molecule has 1 aliphatic rings. The Labute approximate surface area is 97.2 Å². The smallest absolute Gasteiger partial charge is 0.389 e. The summed E-state index contributed by atoms with van der Waals surface area (Å²) in [6.45, 7) is 0. The average Bonchev–Trinajstić information content (AvgIpc) is 2.14. The Balaban J connectivity index is 2.12. The Bertz CT molecular complexity index is 410. The van der Waals surface area contributed by atoms with Crippen LogP contribution in [-0.2, 0) is 12.6 Å². The molecule has 94 valence electrons. The molecule has 1 aromatic carbocycles. The maximum absolute atomic E-state index is 12.5. The summed E-state index contributed by atoms with van der Waals surface area (Å²) in [5, 5.41) is 9.97. The summed E-state index contributed by atoms with van der Waals surface area (Å²) < 4.78 is 37.4. The number of benzene rings is 1. The molecule has 1 saturated carbocycles. The minimum Gasteiger partial charge on any atom is -0.389 e. The highest BCUT2D eigenvalue weighted by Crippen LogP contribution is 2.35. The number of hydrogen-bond donors (Lipinski definition) is 2. The molecule has 0 unspecified atom stereocenters. The van der Waals surface area contributed by atoms with Gasteiger partial charge in [-0.25, -0.2) is 0 Å². The third kappa shape index (κ3) is 2.79. The number of hydrogen-bond acceptors (Lipinski definition) is 2. The van der Waals surface area contributed by atoms with Crippen molar-refractivity contribution in [2.24, 2.45) is 5.73 Å². The van der Waals surface area contributed by atoms with Crippen LogP contribution >= 0.6 is 0 Å².